The molecule has 0 fully saturated rings. The summed E-state index contributed by atoms with van der Waals surface area (Å²) in [6.07, 6.45) is 0. The van der Waals surface area contributed by atoms with Gasteiger partial charge in [0.25, 0.3) is 0 Å². The fraction of sp³-hybridized carbons (Fsp3) is 0.571. The van der Waals surface area contributed by atoms with Crippen LogP contribution >= 0.6 is 15.9 Å². The number of rotatable bonds is 3. The molecule has 0 spiro atoms. The fourth-order valence-electron chi connectivity index (χ4n) is 0.760. The van der Waals surface area contributed by atoms with Gasteiger partial charge in [0.1, 0.15) is 5.69 Å². The molecule has 0 saturated carbocycles. The lowest BCUT2D eigenvalue weighted by molar-refractivity contribution is 0.131. The van der Waals surface area contributed by atoms with Gasteiger partial charge in [-0.15, -0.1) is 0 Å². The van der Waals surface area contributed by atoms with Gasteiger partial charge in [-0.1, -0.05) is 0 Å². The van der Waals surface area contributed by atoms with Crippen LogP contribution in [0.2, 0.25) is 0 Å². The summed E-state index contributed by atoms with van der Waals surface area (Å²) in [6, 6.07) is 0. The van der Waals surface area contributed by atoms with Crippen LogP contribution in [0.1, 0.15) is 18.3 Å². The van der Waals surface area contributed by atoms with Crippen LogP contribution in [0, 0.1) is 6.92 Å². The van der Waals surface area contributed by atoms with Crippen molar-refractivity contribution in [1.29, 1.82) is 0 Å². The third-order valence-corrected chi connectivity index (χ3v) is 2.44. The van der Waals surface area contributed by atoms with Crippen molar-refractivity contribution in [3.63, 3.8) is 0 Å². The van der Waals surface area contributed by atoms with Gasteiger partial charge in [0.05, 0.1) is 11.1 Å². The van der Waals surface area contributed by atoms with E-state index in [-0.39, 0.29) is 0 Å². The van der Waals surface area contributed by atoms with Crippen molar-refractivity contribution in [3.05, 3.63) is 15.9 Å². The second kappa shape index (κ2) is 3.88. The van der Waals surface area contributed by atoms with Crippen molar-refractivity contribution in [2.24, 2.45) is 0 Å². The maximum atomic E-state index is 5.20. The van der Waals surface area contributed by atoms with Crippen LogP contribution in [0.4, 0.5) is 0 Å². The summed E-state index contributed by atoms with van der Waals surface area (Å²) in [4.78, 5) is 0. The normalized spacial score (nSPS) is 10.5. The fourth-order valence-corrected chi connectivity index (χ4v) is 1.05. The summed E-state index contributed by atoms with van der Waals surface area (Å²) in [5.74, 6) is 0. The molecule has 0 radical (unpaired) electrons. The van der Waals surface area contributed by atoms with E-state index in [0.29, 0.717) is 6.61 Å². The molecule has 0 aliphatic heterocycles. The zero-order chi connectivity index (χ0) is 8.27. The molecule has 1 aromatic rings. The predicted molar refractivity (Wildman–Crippen MR) is 46.4 cm³/mol. The van der Waals surface area contributed by atoms with Crippen LogP contribution in [0.15, 0.2) is 4.47 Å². The number of ether oxygens (including phenoxy) is 1. The van der Waals surface area contributed by atoms with Gasteiger partial charge in [-0.2, -0.15) is 5.10 Å². The van der Waals surface area contributed by atoms with Crippen LogP contribution in [-0.2, 0) is 11.3 Å². The average molecular weight is 219 g/mol. The zero-order valence-electron chi connectivity index (χ0n) is 6.65. The zero-order valence-corrected chi connectivity index (χ0v) is 8.23. The molecule has 0 aliphatic rings. The maximum absolute atomic E-state index is 5.20. The molecule has 1 rings (SSSR count). The highest BCUT2D eigenvalue weighted by molar-refractivity contribution is 9.10. The summed E-state index contributed by atoms with van der Waals surface area (Å²) in [5.41, 5.74) is 1.98. The lowest BCUT2D eigenvalue weighted by atomic mass is 10.4. The second-order valence-electron chi connectivity index (χ2n) is 2.25. The topological polar surface area (TPSA) is 37.9 Å². The molecule has 0 unspecified atom stereocenters. The first-order valence-electron chi connectivity index (χ1n) is 3.52. The Labute approximate surface area is 74.3 Å². The largest absolute Gasteiger partial charge is 0.375 e. The van der Waals surface area contributed by atoms with Gasteiger partial charge < -0.3 is 4.74 Å². The van der Waals surface area contributed by atoms with Crippen molar-refractivity contribution in [1.82, 2.24) is 10.2 Å². The number of nitrogens with one attached hydrogen (secondary N) is 1. The van der Waals surface area contributed by atoms with Gasteiger partial charge in [0.2, 0.25) is 0 Å². The van der Waals surface area contributed by atoms with Gasteiger partial charge in [-0.3, -0.25) is 5.10 Å². The number of H-pyrrole nitrogens is 1. The molecule has 0 aliphatic carbocycles. The Hall–Kier alpha value is -0.350. The van der Waals surface area contributed by atoms with Crippen molar-refractivity contribution >= 4 is 15.9 Å². The van der Waals surface area contributed by atoms with Crippen LogP contribution in [0.25, 0.3) is 0 Å². The SMILES string of the molecule is CCOCc1n[nH]c(C)c1Br. The van der Waals surface area contributed by atoms with E-state index >= 15 is 0 Å². The Kier molecular flexibility index (Phi) is 3.08. The monoisotopic (exact) mass is 218 g/mol. The summed E-state index contributed by atoms with van der Waals surface area (Å²) in [7, 11) is 0. The number of nitrogens with zero attached hydrogens (tertiary/aromatic N) is 1. The minimum atomic E-state index is 0.571. The summed E-state index contributed by atoms with van der Waals surface area (Å²) >= 11 is 3.41. The molecule has 11 heavy (non-hydrogen) atoms. The van der Waals surface area contributed by atoms with E-state index in [9.17, 15) is 0 Å². The van der Waals surface area contributed by atoms with Gasteiger partial charge in [0, 0.05) is 12.3 Å². The van der Waals surface area contributed by atoms with E-state index in [0.717, 1.165) is 22.5 Å². The Bertz CT molecular complexity index is 234. The average Bonchev–Trinajstić information content (AvgIpc) is 2.31. The van der Waals surface area contributed by atoms with Crippen LogP contribution in [0.5, 0.6) is 0 Å². The Morgan fingerprint density at radius 1 is 1.64 bits per heavy atom. The molecule has 1 N–H and O–H groups in total. The Balaban J connectivity index is 2.63. The molecule has 62 valence electrons. The number of aryl methyl sites for hydroxylation is 1. The molecule has 0 bridgehead atoms. The first-order chi connectivity index (χ1) is 5.25. The quantitative estimate of drug-likeness (QED) is 0.844. The van der Waals surface area contributed by atoms with Crippen molar-refractivity contribution in [3.8, 4) is 0 Å². The molecule has 0 amide bonds. The third-order valence-electron chi connectivity index (χ3n) is 1.38. The first-order valence-corrected chi connectivity index (χ1v) is 4.32. The molecule has 1 heterocycles. The van der Waals surface area contributed by atoms with Gasteiger partial charge in [-0.25, -0.2) is 0 Å². The van der Waals surface area contributed by atoms with Crippen molar-refractivity contribution < 1.29 is 4.74 Å². The van der Waals surface area contributed by atoms with E-state index < -0.39 is 0 Å². The van der Waals surface area contributed by atoms with E-state index in [1.165, 1.54) is 0 Å². The summed E-state index contributed by atoms with van der Waals surface area (Å²) in [5, 5.41) is 6.92. The highest BCUT2D eigenvalue weighted by Crippen LogP contribution is 2.18. The molecule has 0 atom stereocenters. The Morgan fingerprint density at radius 3 is 2.82 bits per heavy atom. The maximum Gasteiger partial charge on any atom is 0.102 e. The standard InChI is InChI=1S/C7H11BrN2O/c1-3-11-4-6-7(8)5(2)9-10-6/h3-4H2,1-2H3,(H,9,10). The van der Waals surface area contributed by atoms with Gasteiger partial charge in [-0.05, 0) is 29.8 Å². The van der Waals surface area contributed by atoms with Gasteiger partial charge in [0.15, 0.2) is 0 Å². The first kappa shape index (κ1) is 8.74. The van der Waals surface area contributed by atoms with Crippen molar-refractivity contribution in [2.75, 3.05) is 6.61 Å². The number of aromatic amines is 1. The lowest BCUT2D eigenvalue weighted by Gasteiger charge is -1.96. The summed E-state index contributed by atoms with van der Waals surface area (Å²) in [6.45, 7) is 5.22. The molecule has 3 nitrogen and oxygen atoms in total. The van der Waals surface area contributed by atoms with E-state index in [1.54, 1.807) is 0 Å². The second-order valence-corrected chi connectivity index (χ2v) is 3.04. The third kappa shape index (κ3) is 2.04. The van der Waals surface area contributed by atoms with Crippen LogP contribution in [-0.4, -0.2) is 16.8 Å². The van der Waals surface area contributed by atoms with E-state index in [2.05, 4.69) is 26.1 Å². The minimum absolute atomic E-state index is 0.571. The van der Waals surface area contributed by atoms with Crippen LogP contribution < -0.4 is 0 Å². The number of hydrogen-bond acceptors (Lipinski definition) is 2. The molecular formula is C7H11BrN2O. The number of halogens is 1. The number of hydrogen-bond donors (Lipinski definition) is 1. The minimum Gasteiger partial charge on any atom is -0.375 e. The van der Waals surface area contributed by atoms with Crippen molar-refractivity contribution in [2.45, 2.75) is 20.5 Å². The van der Waals surface area contributed by atoms with E-state index in [1.807, 2.05) is 13.8 Å². The molecule has 1 aromatic heterocycles. The molecule has 4 heteroatoms. The van der Waals surface area contributed by atoms with E-state index in [4.69, 9.17) is 4.74 Å². The molecule has 0 saturated heterocycles. The highest BCUT2D eigenvalue weighted by atomic mass is 79.9. The molecular weight excluding hydrogens is 208 g/mol. The molecule has 0 aromatic carbocycles. The van der Waals surface area contributed by atoms with Crippen LogP contribution in [0.3, 0.4) is 0 Å². The predicted octanol–water partition coefficient (Wildman–Crippen LogP) is 2.02. The number of aromatic nitrogens is 2. The summed E-state index contributed by atoms with van der Waals surface area (Å²) < 4.78 is 6.22. The Morgan fingerprint density at radius 2 is 2.36 bits per heavy atom. The van der Waals surface area contributed by atoms with Gasteiger partial charge >= 0.3 is 0 Å². The lowest BCUT2D eigenvalue weighted by Crippen LogP contribution is -1.92. The highest BCUT2D eigenvalue weighted by Gasteiger charge is 2.05. The smallest absolute Gasteiger partial charge is 0.102 e.